The van der Waals surface area contributed by atoms with Crippen LogP contribution in [-0.2, 0) is 9.59 Å². The highest BCUT2D eigenvalue weighted by Crippen LogP contribution is 2.33. The van der Waals surface area contributed by atoms with Crippen LogP contribution in [0, 0.1) is 12.7 Å². The summed E-state index contributed by atoms with van der Waals surface area (Å²) in [5.41, 5.74) is 1.25. The van der Waals surface area contributed by atoms with Crippen molar-refractivity contribution in [3.8, 4) is 0 Å². The number of nitrogens with zero attached hydrogens (tertiary/aromatic N) is 3. The molecule has 6 nitrogen and oxygen atoms in total. The highest BCUT2D eigenvalue weighted by atomic mass is 19.1. The van der Waals surface area contributed by atoms with Crippen LogP contribution >= 0.6 is 0 Å². The second-order valence-electron chi connectivity index (χ2n) is 6.61. The average Bonchev–Trinajstić information content (AvgIpc) is 3.28. The van der Waals surface area contributed by atoms with Crippen molar-refractivity contribution in [1.29, 1.82) is 0 Å². The maximum absolute atomic E-state index is 13.1. The zero-order chi connectivity index (χ0) is 17.6. The Bertz CT molecular complexity index is 817. The number of rotatable bonds is 3. The molecule has 3 heterocycles. The molecule has 1 aromatic carbocycles. The number of anilines is 1. The molecule has 2 aliphatic heterocycles. The van der Waals surface area contributed by atoms with Crippen LogP contribution in [0.15, 0.2) is 34.9 Å². The van der Waals surface area contributed by atoms with Crippen molar-refractivity contribution in [3.63, 3.8) is 0 Å². The summed E-state index contributed by atoms with van der Waals surface area (Å²) in [7, 11) is 0. The van der Waals surface area contributed by atoms with Gasteiger partial charge in [-0.15, -0.1) is 0 Å². The maximum atomic E-state index is 13.1. The first-order valence-corrected chi connectivity index (χ1v) is 8.32. The van der Waals surface area contributed by atoms with Crippen molar-refractivity contribution in [2.24, 2.45) is 0 Å². The normalized spacial score (nSPS) is 24.5. The zero-order valence-electron chi connectivity index (χ0n) is 13.8. The van der Waals surface area contributed by atoms with Crippen molar-refractivity contribution in [2.45, 2.75) is 31.7 Å². The first-order chi connectivity index (χ1) is 12.0. The van der Waals surface area contributed by atoms with E-state index in [9.17, 15) is 14.0 Å². The highest BCUT2D eigenvalue weighted by Gasteiger charge is 2.45. The van der Waals surface area contributed by atoms with Crippen LogP contribution in [-0.4, -0.2) is 41.0 Å². The fraction of sp³-hybridized carbons (Fsp3) is 0.389. The van der Waals surface area contributed by atoms with E-state index in [1.165, 1.54) is 24.3 Å². The molecule has 7 heteroatoms. The molecule has 0 spiro atoms. The number of carbonyl (C=O) groups is 2. The standard InChI is InChI=1S/C18H18FN3O3/c1-11-8-16(25-20-11)12-6-7-21(10-12)15-9-17(23)22(18(15)24)14-4-2-13(19)3-5-14/h2-5,8,12,15H,6-7,9-10H2,1H3. The SMILES string of the molecule is Cc1cc(C2CCN(C3CC(=O)N(c4ccc(F)cc4)C3=O)C2)on1. The number of benzene rings is 1. The Morgan fingerprint density at radius 2 is 2.00 bits per heavy atom. The summed E-state index contributed by atoms with van der Waals surface area (Å²) in [5.74, 6) is 0.117. The van der Waals surface area contributed by atoms with E-state index < -0.39 is 11.9 Å². The van der Waals surface area contributed by atoms with Gasteiger partial charge < -0.3 is 4.52 Å². The third-order valence-electron chi connectivity index (χ3n) is 4.92. The quantitative estimate of drug-likeness (QED) is 0.800. The Morgan fingerprint density at radius 3 is 2.68 bits per heavy atom. The molecule has 0 radical (unpaired) electrons. The van der Waals surface area contributed by atoms with Crippen LogP contribution in [0.3, 0.4) is 0 Å². The molecule has 0 aliphatic carbocycles. The largest absolute Gasteiger partial charge is 0.361 e. The molecule has 2 fully saturated rings. The molecular weight excluding hydrogens is 325 g/mol. The van der Waals surface area contributed by atoms with Crippen LogP contribution in [0.25, 0.3) is 0 Å². The van der Waals surface area contributed by atoms with Gasteiger partial charge in [-0.1, -0.05) is 5.16 Å². The second kappa shape index (κ2) is 6.07. The number of hydrogen-bond acceptors (Lipinski definition) is 5. The summed E-state index contributed by atoms with van der Waals surface area (Å²) in [4.78, 5) is 28.3. The van der Waals surface area contributed by atoms with E-state index in [0.717, 1.165) is 29.3 Å². The first-order valence-electron chi connectivity index (χ1n) is 8.32. The third-order valence-corrected chi connectivity index (χ3v) is 4.92. The first kappa shape index (κ1) is 16.0. The number of amides is 2. The van der Waals surface area contributed by atoms with E-state index in [1.54, 1.807) is 0 Å². The molecule has 2 aliphatic rings. The van der Waals surface area contributed by atoms with E-state index >= 15 is 0 Å². The molecule has 2 saturated heterocycles. The van der Waals surface area contributed by atoms with Crippen LogP contribution in [0.4, 0.5) is 10.1 Å². The summed E-state index contributed by atoms with van der Waals surface area (Å²) in [6, 6.07) is 6.87. The van der Waals surface area contributed by atoms with Gasteiger partial charge in [-0.3, -0.25) is 14.5 Å². The van der Waals surface area contributed by atoms with Crippen LogP contribution in [0.1, 0.15) is 30.2 Å². The van der Waals surface area contributed by atoms with Crippen molar-refractivity contribution < 1.29 is 18.5 Å². The minimum atomic E-state index is -0.466. The number of carbonyl (C=O) groups excluding carboxylic acids is 2. The van der Waals surface area contributed by atoms with Gasteiger partial charge in [0.2, 0.25) is 5.91 Å². The number of hydrogen-bond donors (Lipinski definition) is 0. The average molecular weight is 343 g/mol. The molecule has 2 unspecified atom stereocenters. The minimum Gasteiger partial charge on any atom is -0.361 e. The molecule has 0 saturated carbocycles. The molecule has 2 atom stereocenters. The van der Waals surface area contributed by atoms with E-state index in [1.807, 2.05) is 17.9 Å². The molecule has 2 amide bonds. The van der Waals surface area contributed by atoms with Crippen molar-refractivity contribution in [1.82, 2.24) is 10.1 Å². The summed E-state index contributed by atoms with van der Waals surface area (Å²) < 4.78 is 18.4. The van der Waals surface area contributed by atoms with Gasteiger partial charge in [0.25, 0.3) is 5.91 Å². The lowest BCUT2D eigenvalue weighted by atomic mass is 10.1. The lowest BCUT2D eigenvalue weighted by Gasteiger charge is -2.22. The van der Waals surface area contributed by atoms with Crippen LogP contribution in [0.2, 0.25) is 0 Å². The van der Waals surface area contributed by atoms with E-state index in [2.05, 4.69) is 5.16 Å². The lowest BCUT2D eigenvalue weighted by molar-refractivity contribution is -0.122. The summed E-state index contributed by atoms with van der Waals surface area (Å²) in [5, 5.41) is 3.92. The second-order valence-corrected chi connectivity index (χ2v) is 6.61. The minimum absolute atomic E-state index is 0.151. The predicted molar refractivity (Wildman–Crippen MR) is 87.5 cm³/mol. The molecule has 130 valence electrons. The van der Waals surface area contributed by atoms with Crippen LogP contribution in [0.5, 0.6) is 0 Å². The van der Waals surface area contributed by atoms with E-state index in [4.69, 9.17) is 4.52 Å². The van der Waals surface area contributed by atoms with Crippen LogP contribution < -0.4 is 4.90 Å². The molecule has 1 aromatic heterocycles. The number of aromatic nitrogens is 1. The van der Waals surface area contributed by atoms with Gasteiger partial charge in [-0.05, 0) is 44.2 Å². The van der Waals surface area contributed by atoms with Crippen molar-refractivity contribution in [2.75, 3.05) is 18.0 Å². The molecular formula is C18H18FN3O3. The van der Waals surface area contributed by atoms with Gasteiger partial charge in [-0.2, -0.15) is 0 Å². The fourth-order valence-corrected chi connectivity index (χ4v) is 3.64. The number of halogens is 1. The molecule has 0 N–H and O–H groups in total. The Kier molecular flexibility index (Phi) is 3.88. The van der Waals surface area contributed by atoms with E-state index in [0.29, 0.717) is 12.2 Å². The van der Waals surface area contributed by atoms with Crippen molar-refractivity contribution in [3.05, 3.63) is 47.6 Å². The third kappa shape index (κ3) is 2.84. The topological polar surface area (TPSA) is 66.7 Å². The Labute approximate surface area is 144 Å². The Balaban J connectivity index is 1.49. The van der Waals surface area contributed by atoms with Gasteiger partial charge >= 0.3 is 0 Å². The molecule has 25 heavy (non-hydrogen) atoms. The van der Waals surface area contributed by atoms with Gasteiger partial charge in [0.15, 0.2) is 0 Å². The molecule has 2 aromatic rings. The predicted octanol–water partition coefficient (Wildman–Crippen LogP) is 2.24. The number of aryl methyl sites for hydroxylation is 1. The smallest absolute Gasteiger partial charge is 0.251 e. The summed E-state index contributed by atoms with van der Waals surface area (Å²) >= 11 is 0. The van der Waals surface area contributed by atoms with Crippen molar-refractivity contribution >= 4 is 17.5 Å². The summed E-state index contributed by atoms with van der Waals surface area (Å²) in [6.45, 7) is 3.26. The maximum Gasteiger partial charge on any atom is 0.251 e. The van der Waals surface area contributed by atoms with Gasteiger partial charge in [0.1, 0.15) is 11.6 Å². The Morgan fingerprint density at radius 1 is 1.24 bits per heavy atom. The monoisotopic (exact) mass is 343 g/mol. The number of imide groups is 1. The van der Waals surface area contributed by atoms with Gasteiger partial charge in [-0.25, -0.2) is 9.29 Å². The highest BCUT2D eigenvalue weighted by molar-refractivity contribution is 6.22. The zero-order valence-corrected chi connectivity index (χ0v) is 13.8. The molecule has 0 bridgehead atoms. The number of likely N-dealkylation sites (tertiary alicyclic amines) is 1. The lowest BCUT2D eigenvalue weighted by Crippen LogP contribution is -2.40. The van der Waals surface area contributed by atoms with Gasteiger partial charge in [0, 0.05) is 18.5 Å². The molecule has 4 rings (SSSR count). The fourth-order valence-electron chi connectivity index (χ4n) is 3.64. The van der Waals surface area contributed by atoms with E-state index in [-0.39, 0.29) is 24.2 Å². The Hall–Kier alpha value is -2.54. The summed E-state index contributed by atoms with van der Waals surface area (Å²) in [6.07, 6.45) is 1.02. The van der Waals surface area contributed by atoms with Gasteiger partial charge in [0.05, 0.1) is 23.8 Å².